The van der Waals surface area contributed by atoms with Gasteiger partial charge in [0.05, 0.1) is 12.2 Å². The quantitative estimate of drug-likeness (QED) is 0.922. The van der Waals surface area contributed by atoms with Crippen molar-refractivity contribution in [2.75, 3.05) is 19.6 Å². The van der Waals surface area contributed by atoms with Crippen LogP contribution < -0.4 is 5.32 Å². The normalized spacial score (nSPS) is 19.8. The van der Waals surface area contributed by atoms with Crippen LogP contribution in [0.4, 0.5) is 0 Å². The van der Waals surface area contributed by atoms with Crippen molar-refractivity contribution in [3.05, 3.63) is 29.6 Å². The molecule has 0 unspecified atom stereocenters. The average Bonchev–Trinajstić information content (AvgIpc) is 3.22. The van der Waals surface area contributed by atoms with Crippen molar-refractivity contribution in [1.29, 1.82) is 0 Å². The van der Waals surface area contributed by atoms with E-state index >= 15 is 0 Å². The van der Waals surface area contributed by atoms with Crippen molar-refractivity contribution in [2.45, 2.75) is 58.3 Å². The second-order valence-electron chi connectivity index (χ2n) is 7.21. The third-order valence-corrected chi connectivity index (χ3v) is 5.23. The molecule has 4 rings (SSSR count). The Morgan fingerprint density at radius 3 is 2.83 bits per heavy atom. The molecule has 7 nitrogen and oxygen atoms in total. The van der Waals surface area contributed by atoms with E-state index in [0.717, 1.165) is 45.1 Å². The molecule has 0 bridgehead atoms. The highest BCUT2D eigenvalue weighted by molar-refractivity contribution is 5.07. The monoisotopic (exact) mass is 329 g/mol. The molecule has 0 spiro atoms. The number of nitrogens with zero attached hydrogens (tertiary/aromatic N) is 6. The van der Waals surface area contributed by atoms with Crippen molar-refractivity contribution in [2.24, 2.45) is 0 Å². The van der Waals surface area contributed by atoms with Crippen LogP contribution in [0.25, 0.3) is 0 Å². The van der Waals surface area contributed by atoms with Crippen LogP contribution in [-0.2, 0) is 19.6 Å². The van der Waals surface area contributed by atoms with E-state index in [0.29, 0.717) is 12.0 Å². The van der Waals surface area contributed by atoms with Gasteiger partial charge in [-0.15, -0.1) is 10.2 Å². The fraction of sp³-hybridized carbons (Fsp3) is 0.706. The van der Waals surface area contributed by atoms with Crippen molar-refractivity contribution < 1.29 is 0 Å². The molecule has 24 heavy (non-hydrogen) atoms. The zero-order chi connectivity index (χ0) is 16.5. The Morgan fingerprint density at radius 1 is 1.21 bits per heavy atom. The fourth-order valence-electron chi connectivity index (χ4n) is 3.93. The third-order valence-electron chi connectivity index (χ3n) is 5.23. The topological polar surface area (TPSA) is 63.8 Å². The Labute approximate surface area is 143 Å². The van der Waals surface area contributed by atoms with E-state index in [9.17, 15) is 0 Å². The zero-order valence-corrected chi connectivity index (χ0v) is 14.6. The average molecular weight is 329 g/mol. The van der Waals surface area contributed by atoms with E-state index in [1.54, 1.807) is 0 Å². The van der Waals surface area contributed by atoms with E-state index in [1.807, 2.05) is 6.20 Å². The van der Waals surface area contributed by atoms with Crippen LogP contribution in [0, 0.1) is 0 Å². The number of hydrogen-bond donors (Lipinski definition) is 1. The predicted molar refractivity (Wildman–Crippen MR) is 91.6 cm³/mol. The zero-order valence-electron chi connectivity index (χ0n) is 14.6. The summed E-state index contributed by atoms with van der Waals surface area (Å²) in [6.07, 6.45) is 4.25. The van der Waals surface area contributed by atoms with E-state index in [4.69, 9.17) is 0 Å². The Kier molecular flexibility index (Phi) is 4.37. The van der Waals surface area contributed by atoms with Gasteiger partial charge in [0.25, 0.3) is 0 Å². The Bertz CT molecular complexity index is 679. The minimum atomic E-state index is 0.420. The SMILES string of the molecule is CC(C)n1nccc1CN1CCC(c2nnc3n2CCNC3)CC1. The first-order valence-corrected chi connectivity index (χ1v) is 9.10. The summed E-state index contributed by atoms with van der Waals surface area (Å²) in [5.41, 5.74) is 1.31. The maximum atomic E-state index is 4.50. The minimum Gasteiger partial charge on any atom is -0.312 e. The van der Waals surface area contributed by atoms with E-state index in [2.05, 4.69) is 54.7 Å². The first-order chi connectivity index (χ1) is 11.7. The van der Waals surface area contributed by atoms with Crippen LogP contribution in [0.5, 0.6) is 0 Å². The van der Waals surface area contributed by atoms with Crippen LogP contribution in [0.15, 0.2) is 12.3 Å². The van der Waals surface area contributed by atoms with Crippen molar-refractivity contribution in [1.82, 2.24) is 34.8 Å². The maximum absolute atomic E-state index is 4.50. The second-order valence-corrected chi connectivity index (χ2v) is 7.21. The van der Waals surface area contributed by atoms with Gasteiger partial charge in [0.2, 0.25) is 0 Å². The number of hydrogen-bond acceptors (Lipinski definition) is 5. The molecule has 4 heterocycles. The summed E-state index contributed by atoms with van der Waals surface area (Å²) in [6, 6.07) is 2.57. The third kappa shape index (κ3) is 2.98. The molecule has 130 valence electrons. The summed E-state index contributed by atoms with van der Waals surface area (Å²) in [5.74, 6) is 2.86. The summed E-state index contributed by atoms with van der Waals surface area (Å²) in [4.78, 5) is 2.54. The lowest BCUT2D eigenvalue weighted by Crippen LogP contribution is -2.35. The van der Waals surface area contributed by atoms with Crippen molar-refractivity contribution in [3.8, 4) is 0 Å². The lowest BCUT2D eigenvalue weighted by molar-refractivity contribution is 0.193. The van der Waals surface area contributed by atoms with Gasteiger partial charge < -0.3 is 9.88 Å². The summed E-state index contributed by atoms with van der Waals surface area (Å²) in [5, 5.41) is 16.7. The lowest BCUT2D eigenvalue weighted by atomic mass is 9.95. The highest BCUT2D eigenvalue weighted by Crippen LogP contribution is 2.28. The van der Waals surface area contributed by atoms with Gasteiger partial charge in [-0.1, -0.05) is 0 Å². The summed E-state index contributed by atoms with van der Waals surface area (Å²) < 4.78 is 4.47. The highest BCUT2D eigenvalue weighted by atomic mass is 15.3. The van der Waals surface area contributed by atoms with Crippen LogP contribution in [0.3, 0.4) is 0 Å². The smallest absolute Gasteiger partial charge is 0.147 e. The molecule has 0 atom stereocenters. The van der Waals surface area contributed by atoms with Gasteiger partial charge >= 0.3 is 0 Å². The summed E-state index contributed by atoms with van der Waals surface area (Å²) in [7, 11) is 0. The van der Waals surface area contributed by atoms with E-state index in [1.165, 1.54) is 24.4 Å². The molecule has 0 aliphatic carbocycles. The van der Waals surface area contributed by atoms with Gasteiger partial charge in [0.1, 0.15) is 11.6 Å². The van der Waals surface area contributed by atoms with Crippen molar-refractivity contribution >= 4 is 0 Å². The molecule has 2 aliphatic rings. The molecule has 0 aromatic carbocycles. The summed E-state index contributed by atoms with van der Waals surface area (Å²) in [6.45, 7) is 10.5. The summed E-state index contributed by atoms with van der Waals surface area (Å²) >= 11 is 0. The Hall–Kier alpha value is -1.73. The van der Waals surface area contributed by atoms with Gasteiger partial charge in [-0.25, -0.2) is 0 Å². The van der Waals surface area contributed by atoms with Crippen molar-refractivity contribution in [3.63, 3.8) is 0 Å². The highest BCUT2D eigenvalue weighted by Gasteiger charge is 2.27. The van der Waals surface area contributed by atoms with Gasteiger partial charge in [-0.3, -0.25) is 9.58 Å². The van der Waals surface area contributed by atoms with E-state index in [-0.39, 0.29) is 0 Å². The number of nitrogens with one attached hydrogen (secondary N) is 1. The molecule has 0 radical (unpaired) electrons. The van der Waals surface area contributed by atoms with Crippen LogP contribution in [0.2, 0.25) is 0 Å². The maximum Gasteiger partial charge on any atom is 0.147 e. The number of piperidine rings is 1. The molecule has 2 aromatic rings. The Balaban J connectivity index is 1.38. The van der Waals surface area contributed by atoms with Crippen LogP contribution in [0.1, 0.15) is 56.0 Å². The molecular weight excluding hydrogens is 302 g/mol. The minimum absolute atomic E-state index is 0.420. The van der Waals surface area contributed by atoms with Crippen LogP contribution >= 0.6 is 0 Å². The molecule has 0 amide bonds. The Morgan fingerprint density at radius 2 is 2.04 bits per heavy atom. The molecule has 1 saturated heterocycles. The number of fused-ring (bicyclic) bond motifs is 1. The molecule has 1 fully saturated rings. The van der Waals surface area contributed by atoms with Gasteiger partial charge in [0.15, 0.2) is 0 Å². The predicted octanol–water partition coefficient (Wildman–Crippen LogP) is 1.54. The van der Waals surface area contributed by atoms with Crippen LogP contribution in [-0.4, -0.2) is 49.1 Å². The molecule has 0 saturated carbocycles. The van der Waals surface area contributed by atoms with Gasteiger partial charge in [-0.05, 0) is 45.8 Å². The molecule has 2 aromatic heterocycles. The standard InChI is InChI=1S/C17H27N7/c1-13(2)24-15(3-6-19-24)12-22-8-4-14(5-9-22)17-21-20-16-11-18-7-10-23(16)17/h3,6,13-14,18H,4-5,7-12H2,1-2H3. The number of aromatic nitrogens is 5. The molecule has 1 N–H and O–H groups in total. The first kappa shape index (κ1) is 15.8. The lowest BCUT2D eigenvalue weighted by Gasteiger charge is -2.32. The fourth-order valence-corrected chi connectivity index (χ4v) is 3.93. The number of rotatable bonds is 4. The largest absolute Gasteiger partial charge is 0.312 e. The van der Waals surface area contributed by atoms with Gasteiger partial charge in [0, 0.05) is 37.8 Å². The molecule has 2 aliphatic heterocycles. The second kappa shape index (κ2) is 6.64. The number of likely N-dealkylation sites (tertiary alicyclic amines) is 1. The van der Waals surface area contributed by atoms with Gasteiger partial charge in [-0.2, -0.15) is 5.10 Å². The van der Waals surface area contributed by atoms with E-state index < -0.39 is 0 Å². The molecule has 7 heteroatoms. The molecular formula is C17H27N7. The first-order valence-electron chi connectivity index (χ1n) is 9.10.